The minimum Gasteiger partial charge on any atom is -0.334 e. The number of carbonyl (C=O) groups excluding carboxylic acids is 1. The zero-order chi connectivity index (χ0) is 26.4. The number of carbonyl (C=O) groups is 1. The lowest BCUT2D eigenvalue weighted by Crippen LogP contribution is -2.30. The smallest absolute Gasteiger partial charge is 0.287 e. The van der Waals surface area contributed by atoms with Gasteiger partial charge < -0.3 is 10.6 Å². The number of aromatic amines is 1. The van der Waals surface area contributed by atoms with Gasteiger partial charge in [-0.2, -0.15) is 10.2 Å². The molecule has 1 aliphatic carbocycles. The van der Waals surface area contributed by atoms with Crippen molar-refractivity contribution in [2.45, 2.75) is 26.4 Å². The lowest BCUT2D eigenvalue weighted by molar-refractivity contribution is -0.112. The molecule has 2 aromatic heterocycles. The van der Waals surface area contributed by atoms with Gasteiger partial charge in [0.1, 0.15) is 5.69 Å². The van der Waals surface area contributed by atoms with Crippen LogP contribution < -0.4 is 16.2 Å². The summed E-state index contributed by atoms with van der Waals surface area (Å²) in [5.74, 6) is -0.244. The highest BCUT2D eigenvalue weighted by atomic mass is 32.2. The van der Waals surface area contributed by atoms with E-state index in [1.54, 1.807) is 19.1 Å². The number of thioether (sulfide) groups is 1. The molecule has 0 bridgehead atoms. The highest BCUT2D eigenvalue weighted by Gasteiger charge is 2.28. The zero-order valence-corrected chi connectivity index (χ0v) is 21.7. The van der Waals surface area contributed by atoms with Crippen molar-refractivity contribution in [2.24, 2.45) is 5.92 Å². The van der Waals surface area contributed by atoms with Gasteiger partial charge in [-0.25, -0.2) is 9.49 Å². The highest BCUT2D eigenvalue weighted by Crippen LogP contribution is 2.44. The topological polar surface area (TPSA) is 108 Å². The van der Waals surface area contributed by atoms with Crippen molar-refractivity contribution in [1.29, 1.82) is 0 Å². The Morgan fingerprint density at radius 1 is 1.26 bits per heavy atom. The van der Waals surface area contributed by atoms with Crippen LogP contribution in [-0.4, -0.2) is 44.4 Å². The Balaban J connectivity index is 1.26. The van der Waals surface area contributed by atoms with Crippen LogP contribution >= 0.6 is 11.8 Å². The molecule has 1 amide bonds. The third-order valence-corrected chi connectivity index (χ3v) is 8.09. The van der Waals surface area contributed by atoms with Crippen LogP contribution in [0.3, 0.4) is 0 Å². The van der Waals surface area contributed by atoms with E-state index in [-0.39, 0.29) is 34.5 Å². The molecular formula is C27H26FN7O2S. The van der Waals surface area contributed by atoms with Crippen molar-refractivity contribution in [3.63, 3.8) is 0 Å². The number of aryl methyl sites for hydroxylation is 1. The number of rotatable bonds is 5. The molecule has 3 aliphatic rings. The lowest BCUT2D eigenvalue weighted by Gasteiger charge is -2.22. The predicted molar refractivity (Wildman–Crippen MR) is 146 cm³/mol. The van der Waals surface area contributed by atoms with Crippen LogP contribution in [0.5, 0.6) is 0 Å². The van der Waals surface area contributed by atoms with Crippen LogP contribution in [0.15, 0.2) is 63.2 Å². The molecule has 11 heteroatoms. The zero-order valence-electron chi connectivity index (χ0n) is 20.9. The van der Waals surface area contributed by atoms with Crippen LogP contribution in [0.25, 0.3) is 11.3 Å². The summed E-state index contributed by atoms with van der Waals surface area (Å²) in [6.07, 6.45) is 8.84. The van der Waals surface area contributed by atoms with E-state index >= 15 is 4.39 Å². The molecule has 1 atom stereocenters. The normalized spacial score (nSPS) is 18.4. The van der Waals surface area contributed by atoms with Gasteiger partial charge in [0.05, 0.1) is 28.5 Å². The SMILES string of the molecule is Cc1ccc(-c2cc(Nc3cc4n(n3)CCN(C)C4)c(=O)[nH]n2)c(F)c1NC(=O)C1=CC2CC=CC=C2S1. The summed E-state index contributed by atoms with van der Waals surface area (Å²) >= 11 is 1.41. The molecule has 1 unspecified atom stereocenters. The minimum atomic E-state index is -0.619. The van der Waals surface area contributed by atoms with Gasteiger partial charge in [0.2, 0.25) is 0 Å². The van der Waals surface area contributed by atoms with Crippen molar-refractivity contribution in [1.82, 2.24) is 24.9 Å². The Morgan fingerprint density at radius 3 is 2.97 bits per heavy atom. The highest BCUT2D eigenvalue weighted by molar-refractivity contribution is 8.07. The van der Waals surface area contributed by atoms with Crippen LogP contribution in [-0.2, 0) is 17.9 Å². The first-order chi connectivity index (χ1) is 18.4. The van der Waals surface area contributed by atoms with Gasteiger partial charge in [-0.3, -0.25) is 19.2 Å². The maximum atomic E-state index is 15.8. The van der Waals surface area contributed by atoms with Crippen LogP contribution in [0.2, 0.25) is 0 Å². The van der Waals surface area contributed by atoms with E-state index in [1.165, 1.54) is 17.8 Å². The van der Waals surface area contributed by atoms with Crippen molar-refractivity contribution in [3.05, 3.63) is 85.8 Å². The number of hydrogen-bond acceptors (Lipinski definition) is 7. The van der Waals surface area contributed by atoms with E-state index in [9.17, 15) is 9.59 Å². The summed E-state index contributed by atoms with van der Waals surface area (Å²) in [6, 6.07) is 6.69. The largest absolute Gasteiger partial charge is 0.334 e. The van der Waals surface area contributed by atoms with E-state index in [0.717, 1.165) is 36.7 Å². The average Bonchev–Trinajstić information content (AvgIpc) is 3.51. The Kier molecular flexibility index (Phi) is 6.24. The Hall–Kier alpha value is -3.96. The number of nitrogens with zero attached hydrogens (tertiary/aromatic N) is 4. The molecular weight excluding hydrogens is 505 g/mol. The number of anilines is 3. The molecule has 1 aromatic carbocycles. The number of allylic oxidation sites excluding steroid dienone is 5. The van der Waals surface area contributed by atoms with E-state index in [4.69, 9.17) is 0 Å². The van der Waals surface area contributed by atoms with Gasteiger partial charge in [-0.15, -0.1) is 0 Å². The van der Waals surface area contributed by atoms with Gasteiger partial charge >= 0.3 is 0 Å². The summed E-state index contributed by atoms with van der Waals surface area (Å²) in [7, 11) is 2.04. The van der Waals surface area contributed by atoms with Crippen molar-refractivity contribution in [3.8, 4) is 11.3 Å². The Morgan fingerprint density at radius 2 is 2.13 bits per heavy atom. The van der Waals surface area contributed by atoms with Crippen LogP contribution in [0, 0.1) is 18.7 Å². The number of aromatic nitrogens is 4. The fraction of sp³-hybridized carbons (Fsp3) is 0.259. The molecule has 3 N–H and O–H groups in total. The number of H-pyrrole nitrogens is 1. The Bertz CT molecular complexity index is 1600. The van der Waals surface area contributed by atoms with Gasteiger partial charge in [0.25, 0.3) is 11.5 Å². The van der Waals surface area contributed by atoms with E-state index in [1.807, 2.05) is 36.0 Å². The molecule has 0 saturated heterocycles. The van der Waals surface area contributed by atoms with Crippen LogP contribution in [0.1, 0.15) is 17.7 Å². The third kappa shape index (κ3) is 4.59. The van der Waals surface area contributed by atoms with Crippen molar-refractivity contribution >= 4 is 34.9 Å². The monoisotopic (exact) mass is 531 g/mol. The fourth-order valence-corrected chi connectivity index (χ4v) is 5.88. The number of nitrogens with one attached hydrogen (secondary N) is 3. The van der Waals surface area contributed by atoms with Crippen LogP contribution in [0.4, 0.5) is 21.6 Å². The molecule has 0 saturated carbocycles. The molecule has 194 valence electrons. The first-order valence-electron chi connectivity index (χ1n) is 12.3. The fourth-order valence-electron chi connectivity index (χ4n) is 4.79. The minimum absolute atomic E-state index is 0.0874. The first-order valence-corrected chi connectivity index (χ1v) is 13.2. The number of fused-ring (bicyclic) bond motifs is 2. The first kappa shape index (κ1) is 24.4. The van der Waals surface area contributed by atoms with E-state index < -0.39 is 11.4 Å². The van der Waals surface area contributed by atoms with Gasteiger partial charge in [-0.1, -0.05) is 42.1 Å². The predicted octanol–water partition coefficient (Wildman–Crippen LogP) is 4.30. The van der Waals surface area contributed by atoms with Gasteiger partial charge in [0.15, 0.2) is 11.6 Å². The quantitative estimate of drug-likeness (QED) is 0.451. The summed E-state index contributed by atoms with van der Waals surface area (Å²) in [4.78, 5) is 29.4. The van der Waals surface area contributed by atoms with Crippen molar-refractivity contribution < 1.29 is 9.18 Å². The number of likely N-dealkylation sites (N-methyl/N-ethyl adjacent to an activating group) is 1. The standard InChI is InChI=1S/C27H26FN7O2S/c1-15-7-8-18(24(28)25(15)30-27(37)22-11-16-5-3-4-6-21(16)38-22)19-13-20(26(36)32-31-19)29-23-12-17-14-34(2)9-10-35(17)33-23/h3-4,6-8,11-13,16H,5,9-10,14H2,1-2H3,(H,30,37)(H,32,36)(H,29,31,33). The molecule has 3 aromatic rings. The maximum absolute atomic E-state index is 15.8. The molecule has 4 heterocycles. The molecule has 0 radical (unpaired) electrons. The van der Waals surface area contributed by atoms with E-state index in [0.29, 0.717) is 16.3 Å². The molecule has 0 spiro atoms. The summed E-state index contributed by atoms with van der Waals surface area (Å²) in [6.45, 7) is 4.15. The second-order valence-corrected chi connectivity index (χ2v) is 10.8. The Labute approximate surface area is 222 Å². The molecule has 6 rings (SSSR count). The van der Waals surface area contributed by atoms with Crippen molar-refractivity contribution in [2.75, 3.05) is 24.2 Å². The lowest BCUT2D eigenvalue weighted by atomic mass is 10.0. The number of halogens is 1. The number of amides is 1. The van der Waals surface area contributed by atoms with Gasteiger partial charge in [0, 0.05) is 30.6 Å². The molecule has 38 heavy (non-hydrogen) atoms. The molecule has 0 fully saturated rings. The second kappa shape index (κ2) is 9.73. The third-order valence-electron chi connectivity index (χ3n) is 6.88. The maximum Gasteiger partial charge on any atom is 0.287 e. The summed E-state index contributed by atoms with van der Waals surface area (Å²) in [5.41, 5.74) is 1.83. The average molecular weight is 532 g/mol. The van der Waals surface area contributed by atoms with E-state index in [2.05, 4.69) is 36.9 Å². The number of benzene rings is 1. The number of hydrogen-bond donors (Lipinski definition) is 3. The summed E-state index contributed by atoms with van der Waals surface area (Å²) < 4.78 is 17.7. The molecule has 9 nitrogen and oxygen atoms in total. The second-order valence-electron chi connectivity index (χ2n) is 9.65. The summed E-state index contributed by atoms with van der Waals surface area (Å²) in [5, 5.41) is 16.8. The van der Waals surface area contributed by atoms with Gasteiger partial charge in [-0.05, 0) is 43.0 Å². The molecule has 2 aliphatic heterocycles.